The zero-order chi connectivity index (χ0) is 36.5. The zero-order valence-corrected chi connectivity index (χ0v) is 30.6. The molecule has 4 aromatic rings. The van der Waals surface area contributed by atoms with Crippen molar-refractivity contribution in [2.45, 2.75) is 81.9 Å². The lowest BCUT2D eigenvalue weighted by Gasteiger charge is -2.36. The Morgan fingerprint density at radius 1 is 1.14 bits per heavy atom. The predicted octanol–water partition coefficient (Wildman–Crippen LogP) is 4.69. The summed E-state index contributed by atoms with van der Waals surface area (Å²) in [5.74, 6) is -0.562. The number of ether oxygens (including phenoxy) is 1. The van der Waals surface area contributed by atoms with Crippen molar-refractivity contribution in [1.29, 1.82) is 0 Å². The fraction of sp³-hybridized carbons (Fsp3) is 0.500. The van der Waals surface area contributed by atoms with E-state index in [1.807, 2.05) is 42.5 Å². The Labute approximate surface area is 303 Å². The first-order valence-electron chi connectivity index (χ1n) is 17.7. The highest BCUT2D eigenvalue weighted by Gasteiger charge is 2.44. The molecule has 0 radical (unpaired) electrons. The van der Waals surface area contributed by atoms with Crippen molar-refractivity contribution >= 4 is 40.4 Å². The third-order valence-corrected chi connectivity index (χ3v) is 11.0. The van der Waals surface area contributed by atoms with E-state index < -0.39 is 23.1 Å². The predicted molar refractivity (Wildman–Crippen MR) is 194 cm³/mol. The summed E-state index contributed by atoms with van der Waals surface area (Å²) in [7, 11) is 3.26. The number of fused-ring (bicyclic) bond motifs is 1. The molecule has 2 aromatic heterocycles. The molecule has 2 heterocycles. The van der Waals surface area contributed by atoms with Gasteiger partial charge in [0, 0.05) is 37.8 Å². The largest absolute Gasteiger partial charge is 0.388 e. The molecule has 2 aromatic carbocycles. The van der Waals surface area contributed by atoms with Crippen LogP contribution in [-0.4, -0.2) is 74.5 Å². The molecule has 0 saturated heterocycles. The Morgan fingerprint density at radius 3 is 2.49 bits per heavy atom. The van der Waals surface area contributed by atoms with Gasteiger partial charge in [-0.1, -0.05) is 56.1 Å². The number of nitrogens with one attached hydrogen (secondary N) is 4. The van der Waals surface area contributed by atoms with E-state index in [1.54, 1.807) is 33.3 Å². The minimum atomic E-state index is -1.16. The number of aryl methyl sites for hydroxylation is 1. The van der Waals surface area contributed by atoms with E-state index in [2.05, 4.69) is 39.9 Å². The van der Waals surface area contributed by atoms with Crippen molar-refractivity contribution in [3.63, 3.8) is 0 Å². The third-order valence-electron chi connectivity index (χ3n) is 10.7. The second-order valence-electron chi connectivity index (χ2n) is 14.8. The zero-order valence-electron chi connectivity index (χ0n) is 29.8. The number of aromatic amines is 1. The first-order valence-corrected chi connectivity index (χ1v) is 18.0. The molecule has 2 fully saturated rings. The highest BCUT2D eigenvalue weighted by atomic mass is 35.5. The van der Waals surface area contributed by atoms with Crippen LogP contribution in [0.3, 0.4) is 0 Å². The number of amides is 3. The maximum Gasteiger partial charge on any atom is 0.270 e. The first-order chi connectivity index (χ1) is 24.3. The van der Waals surface area contributed by atoms with Crippen LogP contribution in [0.5, 0.6) is 0 Å². The quantitative estimate of drug-likeness (QED) is 0.119. The second kappa shape index (κ2) is 14.8. The monoisotopic (exact) mass is 717 g/mol. The van der Waals surface area contributed by atoms with Crippen LogP contribution in [0.4, 0.5) is 0 Å². The molecule has 3 amide bonds. The van der Waals surface area contributed by atoms with Gasteiger partial charge >= 0.3 is 0 Å². The standard InChI is InChI=1S/C38H48ClN7O5/c1-22(2)30(25-11-6-7-12-26(25)39)32(44-34(47)29-15-18-41-46(29)4)33-42-27-14-13-24(19-28(27)43-33)37(3,21-51-5)36(49)45-31(23-9-8-10-23)35(48)40-20-38(50)16-17-38/h6-7,11-15,18-19,22-23,30-32,50H,8-10,16-17,20-21H2,1-5H3,(H,40,48)(H,42,43)(H,44,47)(H,45,49)/t30-,31+,32-,37?/m0/s1. The second-order valence-corrected chi connectivity index (χ2v) is 15.2. The van der Waals surface area contributed by atoms with Crippen molar-refractivity contribution < 1.29 is 24.2 Å². The van der Waals surface area contributed by atoms with E-state index in [0.717, 1.165) is 24.8 Å². The lowest BCUT2D eigenvalue weighted by Crippen LogP contribution is -2.58. The molecular formula is C38H48ClN7O5. The number of hydrogen-bond acceptors (Lipinski definition) is 7. The normalized spacial score (nSPS) is 18.4. The van der Waals surface area contributed by atoms with E-state index in [1.165, 1.54) is 4.68 Å². The number of hydrogen-bond donors (Lipinski definition) is 5. The summed E-state index contributed by atoms with van der Waals surface area (Å²) in [6.07, 6.45) is 5.58. The van der Waals surface area contributed by atoms with Gasteiger partial charge in [-0.05, 0) is 79.8 Å². The van der Waals surface area contributed by atoms with Gasteiger partial charge < -0.3 is 30.8 Å². The summed E-state index contributed by atoms with van der Waals surface area (Å²) < 4.78 is 7.12. The highest BCUT2D eigenvalue weighted by molar-refractivity contribution is 6.31. The lowest BCUT2D eigenvalue weighted by atomic mass is 9.77. The number of carbonyl (C=O) groups is 3. The van der Waals surface area contributed by atoms with Gasteiger partial charge in [-0.25, -0.2) is 4.98 Å². The summed E-state index contributed by atoms with van der Waals surface area (Å²) in [6.45, 7) is 6.21. The van der Waals surface area contributed by atoms with Crippen LogP contribution in [0.15, 0.2) is 54.7 Å². The number of aliphatic hydroxyl groups is 1. The fourth-order valence-electron chi connectivity index (χ4n) is 7.05. The third kappa shape index (κ3) is 7.68. The minimum Gasteiger partial charge on any atom is -0.388 e. The van der Waals surface area contributed by atoms with Crippen LogP contribution in [-0.2, 0) is 26.8 Å². The molecule has 2 aliphatic carbocycles. The Bertz CT molecular complexity index is 1900. The van der Waals surface area contributed by atoms with Gasteiger partial charge in [-0.15, -0.1) is 0 Å². The van der Waals surface area contributed by atoms with Gasteiger partial charge in [-0.2, -0.15) is 5.10 Å². The Morgan fingerprint density at radius 2 is 1.88 bits per heavy atom. The molecule has 6 rings (SSSR count). The van der Waals surface area contributed by atoms with Gasteiger partial charge in [0.15, 0.2) is 0 Å². The van der Waals surface area contributed by atoms with E-state index >= 15 is 0 Å². The average Bonchev–Trinajstić information content (AvgIpc) is 3.43. The molecule has 5 N–H and O–H groups in total. The number of benzene rings is 2. The summed E-state index contributed by atoms with van der Waals surface area (Å²) in [6, 6.07) is 13.5. The van der Waals surface area contributed by atoms with Gasteiger partial charge in [-0.3, -0.25) is 19.1 Å². The molecule has 12 nitrogen and oxygen atoms in total. The van der Waals surface area contributed by atoms with Crippen molar-refractivity contribution in [3.05, 3.63) is 82.4 Å². The van der Waals surface area contributed by atoms with Crippen LogP contribution in [0, 0.1) is 11.8 Å². The van der Waals surface area contributed by atoms with Crippen LogP contribution in [0.1, 0.15) is 92.3 Å². The van der Waals surface area contributed by atoms with Gasteiger partial charge in [0.2, 0.25) is 11.8 Å². The number of carbonyl (C=O) groups excluding carboxylic acids is 3. The van der Waals surface area contributed by atoms with Crippen molar-refractivity contribution in [1.82, 2.24) is 35.7 Å². The summed E-state index contributed by atoms with van der Waals surface area (Å²) in [5.41, 5.74) is 1.29. The van der Waals surface area contributed by atoms with Crippen molar-refractivity contribution in [3.8, 4) is 0 Å². The lowest BCUT2D eigenvalue weighted by molar-refractivity contribution is -0.135. The van der Waals surface area contributed by atoms with Crippen LogP contribution in [0.25, 0.3) is 11.0 Å². The maximum absolute atomic E-state index is 14.2. The molecule has 0 spiro atoms. The molecule has 0 bridgehead atoms. The molecule has 51 heavy (non-hydrogen) atoms. The van der Waals surface area contributed by atoms with Gasteiger partial charge in [0.25, 0.3) is 5.91 Å². The SMILES string of the molecule is COCC(C)(C(=O)N[C@@H](C(=O)NCC1(O)CC1)C1CCC1)c1ccc2nc([C@@H](NC(=O)c3ccnn3C)[C@H](c3ccccc3Cl)C(C)C)[nH]c2c1. The molecule has 0 aliphatic heterocycles. The van der Waals surface area contributed by atoms with E-state index in [4.69, 9.17) is 21.3 Å². The van der Waals surface area contributed by atoms with Crippen LogP contribution >= 0.6 is 11.6 Å². The number of halogens is 1. The smallest absolute Gasteiger partial charge is 0.270 e. The Hall–Kier alpha value is -4.26. The molecule has 1 unspecified atom stereocenters. The molecule has 13 heteroatoms. The minimum absolute atomic E-state index is 0.0257. The van der Waals surface area contributed by atoms with Gasteiger partial charge in [0.05, 0.1) is 34.7 Å². The first kappa shape index (κ1) is 36.5. The van der Waals surface area contributed by atoms with Crippen molar-refractivity contribution in [2.24, 2.45) is 18.9 Å². The number of aromatic nitrogens is 4. The van der Waals surface area contributed by atoms with E-state index in [-0.39, 0.29) is 48.6 Å². The Balaban J connectivity index is 1.33. The molecule has 2 aliphatic rings. The molecule has 4 atom stereocenters. The Kier molecular flexibility index (Phi) is 10.6. The number of imidazole rings is 1. The number of rotatable bonds is 15. The number of nitrogens with zero attached hydrogens (tertiary/aromatic N) is 3. The van der Waals surface area contributed by atoms with E-state index in [9.17, 15) is 19.5 Å². The topological polar surface area (TPSA) is 163 Å². The number of methoxy groups -OCH3 is 1. The molecule has 272 valence electrons. The summed E-state index contributed by atoms with van der Waals surface area (Å²) in [5, 5.41) is 24.2. The highest BCUT2D eigenvalue weighted by Crippen LogP contribution is 2.40. The van der Waals surface area contributed by atoms with E-state index in [0.29, 0.717) is 46.0 Å². The summed E-state index contributed by atoms with van der Waals surface area (Å²) in [4.78, 5) is 49.6. The number of H-pyrrole nitrogens is 1. The maximum atomic E-state index is 14.2. The average molecular weight is 718 g/mol. The summed E-state index contributed by atoms with van der Waals surface area (Å²) >= 11 is 6.75. The van der Waals surface area contributed by atoms with Crippen LogP contribution < -0.4 is 16.0 Å². The van der Waals surface area contributed by atoms with Crippen molar-refractivity contribution in [2.75, 3.05) is 20.3 Å². The molecular weight excluding hydrogens is 670 g/mol. The fourth-order valence-corrected chi connectivity index (χ4v) is 7.31. The van der Waals surface area contributed by atoms with Gasteiger partial charge in [0.1, 0.15) is 17.6 Å². The molecule has 2 saturated carbocycles. The van der Waals surface area contributed by atoms with Crippen LogP contribution in [0.2, 0.25) is 5.02 Å².